The number of aliphatic hydroxyl groups is 1. The number of likely N-dealkylation sites (tertiary alicyclic amines) is 1. The van der Waals surface area contributed by atoms with E-state index in [9.17, 15) is 15.0 Å². The van der Waals surface area contributed by atoms with Crippen molar-refractivity contribution in [1.82, 2.24) is 4.90 Å². The fourth-order valence-electron chi connectivity index (χ4n) is 4.29. The molecule has 5 heteroatoms. The van der Waals surface area contributed by atoms with Gasteiger partial charge in [0.2, 0.25) is 5.91 Å². The van der Waals surface area contributed by atoms with Crippen molar-refractivity contribution >= 4 is 22.4 Å². The quantitative estimate of drug-likeness (QED) is 0.890. The molecular weight excluding hydrogens is 328 g/mol. The molecular formula is C21H26N2O3. The van der Waals surface area contributed by atoms with Crippen molar-refractivity contribution in [3.8, 4) is 5.75 Å². The van der Waals surface area contributed by atoms with Crippen molar-refractivity contribution in [2.45, 2.75) is 32.3 Å². The van der Waals surface area contributed by atoms with Crippen LogP contribution in [0.5, 0.6) is 5.75 Å². The molecule has 0 aromatic heterocycles. The van der Waals surface area contributed by atoms with Gasteiger partial charge in [0.25, 0.3) is 0 Å². The summed E-state index contributed by atoms with van der Waals surface area (Å²) in [6.07, 6.45) is 4.37. The topological polar surface area (TPSA) is 64.0 Å². The highest BCUT2D eigenvalue weighted by Crippen LogP contribution is 2.33. The lowest BCUT2D eigenvalue weighted by molar-refractivity contribution is -0.135. The van der Waals surface area contributed by atoms with E-state index in [4.69, 9.17) is 0 Å². The van der Waals surface area contributed by atoms with Crippen LogP contribution in [0.25, 0.3) is 10.8 Å². The summed E-state index contributed by atoms with van der Waals surface area (Å²) in [5.74, 6) is 0.503. The molecule has 26 heavy (non-hydrogen) atoms. The number of phenols is 1. The average molecular weight is 354 g/mol. The molecule has 0 saturated carbocycles. The Labute approximate surface area is 153 Å². The maximum absolute atomic E-state index is 12.8. The third kappa shape index (κ3) is 3.12. The van der Waals surface area contributed by atoms with Gasteiger partial charge in [0, 0.05) is 37.4 Å². The zero-order valence-electron chi connectivity index (χ0n) is 15.0. The Morgan fingerprint density at radius 3 is 2.62 bits per heavy atom. The van der Waals surface area contributed by atoms with E-state index in [-0.39, 0.29) is 18.3 Å². The van der Waals surface area contributed by atoms with Crippen LogP contribution in [0.3, 0.4) is 0 Å². The van der Waals surface area contributed by atoms with Crippen molar-refractivity contribution in [3.05, 3.63) is 35.9 Å². The molecule has 0 spiro atoms. The highest BCUT2D eigenvalue weighted by atomic mass is 16.3. The smallest absolute Gasteiger partial charge is 0.227 e. The summed E-state index contributed by atoms with van der Waals surface area (Å²) in [4.78, 5) is 17.1. The molecule has 1 amide bonds. The maximum atomic E-state index is 12.8. The van der Waals surface area contributed by atoms with Crippen LogP contribution in [0.1, 0.15) is 31.2 Å². The molecule has 2 aromatic rings. The van der Waals surface area contributed by atoms with Gasteiger partial charge >= 0.3 is 0 Å². The third-order valence-corrected chi connectivity index (χ3v) is 5.82. The Morgan fingerprint density at radius 2 is 1.85 bits per heavy atom. The van der Waals surface area contributed by atoms with Gasteiger partial charge in [-0.25, -0.2) is 0 Å². The molecule has 0 radical (unpaired) electrons. The van der Waals surface area contributed by atoms with Gasteiger partial charge in [-0.2, -0.15) is 0 Å². The van der Waals surface area contributed by atoms with E-state index in [0.29, 0.717) is 11.5 Å². The molecule has 1 atom stereocenters. The molecule has 2 N–H and O–H groups in total. The lowest BCUT2D eigenvalue weighted by Crippen LogP contribution is -2.40. The Morgan fingerprint density at radius 1 is 1.08 bits per heavy atom. The molecule has 138 valence electrons. The van der Waals surface area contributed by atoms with Crippen LogP contribution < -0.4 is 4.90 Å². The third-order valence-electron chi connectivity index (χ3n) is 5.82. The highest BCUT2D eigenvalue weighted by Gasteiger charge is 2.32. The summed E-state index contributed by atoms with van der Waals surface area (Å²) >= 11 is 0. The fraction of sp³-hybridized carbons (Fsp3) is 0.476. The monoisotopic (exact) mass is 354 g/mol. The standard InChI is InChI=1S/C21H26N2O3/c24-14-19-18-12-17(6-4-15(18)5-7-20(19)25)23-11-8-16(13-23)21(26)22-9-2-1-3-10-22/h4-7,12,16,24-25H,1-3,8-11,13-14H2. The molecule has 0 bridgehead atoms. The van der Waals surface area contributed by atoms with Crippen molar-refractivity contribution in [3.63, 3.8) is 0 Å². The summed E-state index contributed by atoms with van der Waals surface area (Å²) in [5.41, 5.74) is 1.61. The number of anilines is 1. The second-order valence-electron chi connectivity index (χ2n) is 7.44. The number of fused-ring (bicyclic) bond motifs is 1. The van der Waals surface area contributed by atoms with Crippen molar-refractivity contribution < 1.29 is 15.0 Å². The summed E-state index contributed by atoms with van der Waals surface area (Å²) in [6.45, 7) is 3.23. The maximum Gasteiger partial charge on any atom is 0.227 e. The number of aromatic hydroxyl groups is 1. The summed E-state index contributed by atoms with van der Waals surface area (Å²) in [7, 11) is 0. The summed E-state index contributed by atoms with van der Waals surface area (Å²) in [6, 6.07) is 9.59. The van der Waals surface area contributed by atoms with Gasteiger partial charge in [-0.1, -0.05) is 12.1 Å². The van der Waals surface area contributed by atoms with Crippen LogP contribution in [0, 0.1) is 5.92 Å². The zero-order chi connectivity index (χ0) is 18.1. The summed E-state index contributed by atoms with van der Waals surface area (Å²) in [5, 5.41) is 21.5. The Kier molecular flexibility index (Phi) is 4.72. The minimum atomic E-state index is -0.192. The number of carbonyl (C=O) groups is 1. The molecule has 2 fully saturated rings. The number of piperidine rings is 1. The molecule has 2 aliphatic heterocycles. The van der Waals surface area contributed by atoms with Crippen LogP contribution in [-0.4, -0.2) is 47.2 Å². The van der Waals surface area contributed by atoms with Crippen LogP contribution >= 0.6 is 0 Å². The number of benzene rings is 2. The van der Waals surface area contributed by atoms with Crippen LogP contribution in [0.15, 0.2) is 30.3 Å². The van der Waals surface area contributed by atoms with Gasteiger partial charge < -0.3 is 20.0 Å². The van der Waals surface area contributed by atoms with E-state index in [1.54, 1.807) is 6.07 Å². The van der Waals surface area contributed by atoms with Crippen LogP contribution in [0.2, 0.25) is 0 Å². The molecule has 2 heterocycles. The van der Waals surface area contributed by atoms with Gasteiger partial charge in [0.1, 0.15) is 5.75 Å². The second-order valence-corrected chi connectivity index (χ2v) is 7.44. The first kappa shape index (κ1) is 17.2. The van der Waals surface area contributed by atoms with Crippen molar-refractivity contribution in [2.75, 3.05) is 31.1 Å². The first-order valence-corrected chi connectivity index (χ1v) is 9.56. The SMILES string of the molecule is O=C(C1CCN(c2ccc3ccc(O)c(CO)c3c2)C1)N1CCCCC1. The highest BCUT2D eigenvalue weighted by molar-refractivity contribution is 5.90. The largest absolute Gasteiger partial charge is 0.508 e. The lowest BCUT2D eigenvalue weighted by atomic mass is 10.0. The minimum Gasteiger partial charge on any atom is -0.508 e. The van der Waals surface area contributed by atoms with E-state index in [2.05, 4.69) is 11.0 Å². The Bertz CT molecular complexity index is 814. The number of amides is 1. The predicted octanol–water partition coefficient (Wildman–Crippen LogP) is 2.88. The van der Waals surface area contributed by atoms with E-state index in [1.165, 1.54) is 6.42 Å². The molecule has 5 nitrogen and oxygen atoms in total. The molecule has 0 aliphatic carbocycles. The molecule has 4 rings (SSSR count). The Balaban J connectivity index is 1.54. The number of hydrogen-bond donors (Lipinski definition) is 2. The molecule has 1 unspecified atom stereocenters. The van der Waals surface area contributed by atoms with Gasteiger partial charge in [-0.15, -0.1) is 0 Å². The van der Waals surface area contributed by atoms with Crippen LogP contribution in [-0.2, 0) is 11.4 Å². The number of rotatable bonds is 3. The van der Waals surface area contributed by atoms with E-state index in [0.717, 1.165) is 61.9 Å². The molecule has 2 aliphatic rings. The number of carbonyl (C=O) groups excluding carboxylic acids is 1. The average Bonchev–Trinajstić information content (AvgIpc) is 3.18. The van der Waals surface area contributed by atoms with E-state index < -0.39 is 0 Å². The molecule has 2 saturated heterocycles. The first-order valence-electron chi connectivity index (χ1n) is 9.56. The number of nitrogens with zero attached hydrogens (tertiary/aromatic N) is 2. The normalized spacial score (nSPS) is 20.7. The van der Waals surface area contributed by atoms with Crippen LogP contribution in [0.4, 0.5) is 5.69 Å². The number of aliphatic hydroxyl groups excluding tert-OH is 1. The van der Waals surface area contributed by atoms with Crippen molar-refractivity contribution in [2.24, 2.45) is 5.92 Å². The Hall–Kier alpha value is -2.27. The van der Waals surface area contributed by atoms with Gasteiger partial charge in [-0.3, -0.25) is 4.79 Å². The lowest BCUT2D eigenvalue weighted by Gasteiger charge is -2.29. The second kappa shape index (κ2) is 7.16. The van der Waals surface area contributed by atoms with E-state index in [1.807, 2.05) is 23.1 Å². The van der Waals surface area contributed by atoms with Gasteiger partial charge in [0.05, 0.1) is 12.5 Å². The van der Waals surface area contributed by atoms with E-state index >= 15 is 0 Å². The summed E-state index contributed by atoms with van der Waals surface area (Å²) < 4.78 is 0. The molecule has 2 aromatic carbocycles. The predicted molar refractivity (Wildman–Crippen MR) is 102 cm³/mol. The zero-order valence-corrected chi connectivity index (χ0v) is 15.0. The van der Waals surface area contributed by atoms with Gasteiger partial charge in [-0.05, 0) is 54.7 Å². The van der Waals surface area contributed by atoms with Crippen molar-refractivity contribution in [1.29, 1.82) is 0 Å². The minimum absolute atomic E-state index is 0.0743. The fourth-order valence-corrected chi connectivity index (χ4v) is 4.29. The van der Waals surface area contributed by atoms with Gasteiger partial charge in [0.15, 0.2) is 0 Å². The number of hydrogen-bond acceptors (Lipinski definition) is 4. The first-order chi connectivity index (χ1) is 12.7.